The molecule has 1 aliphatic rings. The quantitative estimate of drug-likeness (QED) is 0.735. The van der Waals surface area contributed by atoms with Gasteiger partial charge in [-0.3, -0.25) is 9.69 Å². The molecule has 1 fully saturated rings. The molecule has 0 aromatic heterocycles. The van der Waals surface area contributed by atoms with Gasteiger partial charge in [0.15, 0.2) is 0 Å². The summed E-state index contributed by atoms with van der Waals surface area (Å²) < 4.78 is 10.4. The summed E-state index contributed by atoms with van der Waals surface area (Å²) in [6.45, 7) is 9.64. The standard InChI is InChI=1S/C15H28N2O4/c1-6-10(2)14(15(19)20-5)16-13(18)9-17-7-11(3)21-12(4)8-17/h10-12,14H,6-9H2,1-5H3,(H,16,18). The number of rotatable bonds is 6. The van der Waals surface area contributed by atoms with Gasteiger partial charge in [0.05, 0.1) is 25.9 Å². The van der Waals surface area contributed by atoms with Crippen LogP contribution in [0, 0.1) is 5.92 Å². The number of ether oxygens (including phenoxy) is 2. The lowest BCUT2D eigenvalue weighted by Gasteiger charge is -2.35. The summed E-state index contributed by atoms with van der Waals surface area (Å²) in [4.78, 5) is 26.0. The van der Waals surface area contributed by atoms with E-state index >= 15 is 0 Å². The van der Waals surface area contributed by atoms with Crippen LogP contribution in [0.3, 0.4) is 0 Å². The average molecular weight is 300 g/mol. The molecule has 4 atom stereocenters. The van der Waals surface area contributed by atoms with Crippen molar-refractivity contribution >= 4 is 11.9 Å². The molecule has 4 unspecified atom stereocenters. The molecule has 6 heteroatoms. The van der Waals surface area contributed by atoms with Crippen molar-refractivity contribution < 1.29 is 19.1 Å². The number of esters is 1. The summed E-state index contributed by atoms with van der Waals surface area (Å²) in [6.07, 6.45) is 1.03. The van der Waals surface area contributed by atoms with Gasteiger partial charge in [-0.15, -0.1) is 0 Å². The van der Waals surface area contributed by atoms with Gasteiger partial charge in [0.2, 0.25) is 5.91 Å². The fourth-order valence-corrected chi connectivity index (χ4v) is 2.63. The zero-order chi connectivity index (χ0) is 16.0. The molecule has 1 aliphatic heterocycles. The molecule has 0 bridgehead atoms. The van der Waals surface area contributed by atoms with Crippen LogP contribution >= 0.6 is 0 Å². The molecule has 0 aromatic rings. The number of nitrogens with zero attached hydrogens (tertiary/aromatic N) is 1. The molecule has 122 valence electrons. The van der Waals surface area contributed by atoms with Crippen LogP contribution in [0.1, 0.15) is 34.1 Å². The second kappa shape index (κ2) is 8.34. The predicted molar refractivity (Wildman–Crippen MR) is 79.9 cm³/mol. The van der Waals surface area contributed by atoms with Crippen LogP contribution in [-0.2, 0) is 19.1 Å². The molecular formula is C15H28N2O4. The highest BCUT2D eigenvalue weighted by atomic mass is 16.5. The van der Waals surface area contributed by atoms with Gasteiger partial charge in [0.1, 0.15) is 6.04 Å². The lowest BCUT2D eigenvalue weighted by molar-refractivity contribution is -0.147. The number of methoxy groups -OCH3 is 1. The van der Waals surface area contributed by atoms with Gasteiger partial charge in [0.25, 0.3) is 0 Å². The van der Waals surface area contributed by atoms with Crippen LogP contribution in [-0.4, -0.2) is 61.8 Å². The van der Waals surface area contributed by atoms with Crippen molar-refractivity contribution in [3.8, 4) is 0 Å². The molecule has 1 N–H and O–H groups in total. The number of morpholine rings is 1. The molecule has 1 amide bonds. The summed E-state index contributed by atoms with van der Waals surface area (Å²) in [7, 11) is 1.34. The van der Waals surface area contributed by atoms with Gasteiger partial charge in [0, 0.05) is 13.1 Å². The van der Waals surface area contributed by atoms with Crippen molar-refractivity contribution in [1.29, 1.82) is 0 Å². The van der Waals surface area contributed by atoms with E-state index in [1.165, 1.54) is 7.11 Å². The minimum atomic E-state index is -0.580. The van der Waals surface area contributed by atoms with Crippen LogP contribution in [0.4, 0.5) is 0 Å². The first kappa shape index (κ1) is 17.9. The highest BCUT2D eigenvalue weighted by Crippen LogP contribution is 2.11. The maximum atomic E-state index is 12.2. The van der Waals surface area contributed by atoms with E-state index in [1.807, 2.05) is 27.7 Å². The van der Waals surface area contributed by atoms with Crippen LogP contribution in [0.5, 0.6) is 0 Å². The lowest BCUT2D eigenvalue weighted by atomic mass is 9.99. The third kappa shape index (κ3) is 5.63. The molecule has 6 nitrogen and oxygen atoms in total. The Morgan fingerprint density at radius 2 is 1.90 bits per heavy atom. The Labute approximate surface area is 127 Å². The van der Waals surface area contributed by atoms with Crippen molar-refractivity contribution in [2.45, 2.75) is 52.4 Å². The second-order valence-electron chi connectivity index (χ2n) is 5.91. The molecule has 0 aliphatic carbocycles. The van der Waals surface area contributed by atoms with E-state index in [2.05, 4.69) is 10.2 Å². The van der Waals surface area contributed by atoms with E-state index in [4.69, 9.17) is 9.47 Å². The third-order valence-electron chi connectivity index (χ3n) is 3.85. The number of hydrogen-bond acceptors (Lipinski definition) is 5. The van der Waals surface area contributed by atoms with Gasteiger partial charge in [-0.25, -0.2) is 4.79 Å². The van der Waals surface area contributed by atoms with Crippen molar-refractivity contribution in [2.24, 2.45) is 5.92 Å². The van der Waals surface area contributed by atoms with E-state index in [-0.39, 0.29) is 36.5 Å². The minimum Gasteiger partial charge on any atom is -0.467 e. The zero-order valence-electron chi connectivity index (χ0n) is 13.7. The monoisotopic (exact) mass is 300 g/mol. The summed E-state index contributed by atoms with van der Waals surface area (Å²) in [6, 6.07) is -0.580. The average Bonchev–Trinajstić information content (AvgIpc) is 2.41. The summed E-state index contributed by atoms with van der Waals surface area (Å²) >= 11 is 0. The molecular weight excluding hydrogens is 272 g/mol. The van der Waals surface area contributed by atoms with E-state index < -0.39 is 6.04 Å². The maximum Gasteiger partial charge on any atom is 0.328 e. The second-order valence-corrected chi connectivity index (χ2v) is 5.91. The minimum absolute atomic E-state index is 0.0453. The molecule has 1 saturated heterocycles. The first-order valence-electron chi connectivity index (χ1n) is 7.62. The summed E-state index contributed by atoms with van der Waals surface area (Å²) in [5.41, 5.74) is 0. The third-order valence-corrected chi connectivity index (χ3v) is 3.85. The fraction of sp³-hybridized carbons (Fsp3) is 0.867. The van der Waals surface area contributed by atoms with Gasteiger partial charge in [-0.05, 0) is 19.8 Å². The van der Waals surface area contributed by atoms with Crippen molar-refractivity contribution in [3.63, 3.8) is 0 Å². The Morgan fingerprint density at radius 3 is 2.38 bits per heavy atom. The molecule has 21 heavy (non-hydrogen) atoms. The number of nitrogens with one attached hydrogen (secondary N) is 1. The molecule has 0 radical (unpaired) electrons. The maximum absolute atomic E-state index is 12.2. The van der Waals surface area contributed by atoms with Crippen LogP contribution < -0.4 is 5.32 Å². The Hall–Kier alpha value is -1.14. The van der Waals surface area contributed by atoms with Crippen molar-refractivity contribution in [3.05, 3.63) is 0 Å². The molecule has 1 rings (SSSR count). The SMILES string of the molecule is CCC(C)C(NC(=O)CN1CC(C)OC(C)C1)C(=O)OC. The van der Waals surface area contributed by atoms with Gasteiger partial charge < -0.3 is 14.8 Å². The molecule has 1 heterocycles. The molecule has 0 aromatic carbocycles. The van der Waals surface area contributed by atoms with E-state index in [9.17, 15) is 9.59 Å². The Kier molecular flexibility index (Phi) is 7.11. The molecule has 0 spiro atoms. The Balaban J connectivity index is 2.55. The van der Waals surface area contributed by atoms with Gasteiger partial charge in [-0.1, -0.05) is 20.3 Å². The smallest absolute Gasteiger partial charge is 0.328 e. The predicted octanol–water partition coefficient (Wildman–Crippen LogP) is 0.800. The van der Waals surface area contributed by atoms with E-state index in [0.717, 1.165) is 19.5 Å². The number of carbonyl (C=O) groups is 2. The van der Waals surface area contributed by atoms with Gasteiger partial charge in [-0.2, -0.15) is 0 Å². The topological polar surface area (TPSA) is 67.9 Å². The first-order valence-corrected chi connectivity index (χ1v) is 7.62. The van der Waals surface area contributed by atoms with Crippen LogP contribution in [0.15, 0.2) is 0 Å². The molecule has 0 saturated carbocycles. The van der Waals surface area contributed by atoms with Crippen molar-refractivity contribution in [2.75, 3.05) is 26.7 Å². The van der Waals surface area contributed by atoms with E-state index in [0.29, 0.717) is 0 Å². The summed E-state index contributed by atoms with van der Waals surface area (Å²) in [5.74, 6) is -0.489. The Bertz CT molecular complexity index is 352. The zero-order valence-corrected chi connectivity index (χ0v) is 13.7. The summed E-state index contributed by atoms with van der Waals surface area (Å²) in [5, 5.41) is 2.80. The highest BCUT2D eigenvalue weighted by Gasteiger charge is 2.29. The lowest BCUT2D eigenvalue weighted by Crippen LogP contribution is -2.52. The van der Waals surface area contributed by atoms with Crippen LogP contribution in [0.2, 0.25) is 0 Å². The van der Waals surface area contributed by atoms with Crippen molar-refractivity contribution in [1.82, 2.24) is 10.2 Å². The number of carbonyl (C=O) groups excluding carboxylic acids is 2. The number of hydrogen-bond donors (Lipinski definition) is 1. The van der Waals surface area contributed by atoms with E-state index in [1.54, 1.807) is 0 Å². The fourth-order valence-electron chi connectivity index (χ4n) is 2.63. The Morgan fingerprint density at radius 1 is 1.33 bits per heavy atom. The van der Waals surface area contributed by atoms with Crippen LogP contribution in [0.25, 0.3) is 0 Å². The normalized spacial score (nSPS) is 26.0. The highest BCUT2D eigenvalue weighted by molar-refractivity contribution is 5.85. The van der Waals surface area contributed by atoms with Gasteiger partial charge >= 0.3 is 5.97 Å². The first-order chi connectivity index (χ1) is 9.87. The number of amides is 1. The largest absolute Gasteiger partial charge is 0.467 e.